The highest BCUT2D eigenvalue weighted by Crippen LogP contribution is 2.31. The lowest BCUT2D eigenvalue weighted by Gasteiger charge is -2.11. The average Bonchev–Trinajstić information content (AvgIpc) is 2.32. The van der Waals surface area contributed by atoms with Crippen LogP contribution in [0.4, 0.5) is 0 Å². The number of hydrogen-bond donors (Lipinski definition) is 0. The molecule has 0 bridgehead atoms. The summed E-state index contributed by atoms with van der Waals surface area (Å²) in [5, 5.41) is 0. The maximum Gasteiger partial charge on any atom is 0.169 e. The van der Waals surface area contributed by atoms with E-state index in [4.69, 9.17) is 9.47 Å². The molecule has 0 aliphatic carbocycles. The quantitative estimate of drug-likeness (QED) is 0.786. The van der Waals surface area contributed by atoms with E-state index < -0.39 is 0 Å². The normalized spacial score (nSPS) is 10.0. The molecule has 0 spiro atoms. The zero-order valence-corrected chi connectivity index (χ0v) is 10.1. The minimum absolute atomic E-state index is 0.627. The van der Waals surface area contributed by atoms with Crippen molar-refractivity contribution in [2.75, 3.05) is 6.61 Å². The Morgan fingerprint density at radius 3 is 2.59 bits per heavy atom. The molecule has 0 saturated carbocycles. The molecular formula is C15H15O2. The number of benzene rings is 2. The molecule has 2 nitrogen and oxygen atoms in total. The molecule has 0 unspecified atom stereocenters. The number of rotatable bonds is 4. The van der Waals surface area contributed by atoms with Gasteiger partial charge in [0.15, 0.2) is 11.5 Å². The van der Waals surface area contributed by atoms with E-state index in [1.54, 1.807) is 0 Å². The first-order chi connectivity index (χ1) is 8.29. The van der Waals surface area contributed by atoms with Crippen molar-refractivity contribution in [1.82, 2.24) is 0 Å². The second-order valence-electron chi connectivity index (χ2n) is 3.69. The SMILES string of the molecule is CCOc1ccccc1Oc1cc[c]c(C)c1. The van der Waals surface area contributed by atoms with Gasteiger partial charge in [0.2, 0.25) is 0 Å². The maximum absolute atomic E-state index is 5.80. The van der Waals surface area contributed by atoms with E-state index in [2.05, 4.69) is 6.07 Å². The van der Waals surface area contributed by atoms with Crippen LogP contribution in [0.5, 0.6) is 17.2 Å². The molecule has 1 radical (unpaired) electrons. The first kappa shape index (κ1) is 11.5. The number of hydrogen-bond acceptors (Lipinski definition) is 2. The molecule has 0 N–H and O–H groups in total. The first-order valence-corrected chi connectivity index (χ1v) is 5.67. The second kappa shape index (κ2) is 5.39. The molecule has 0 atom stereocenters. The van der Waals surface area contributed by atoms with E-state index in [9.17, 15) is 0 Å². The minimum atomic E-state index is 0.627. The van der Waals surface area contributed by atoms with Gasteiger partial charge in [0.1, 0.15) is 5.75 Å². The minimum Gasteiger partial charge on any atom is -0.490 e. The standard InChI is InChI=1S/C15H15O2/c1-3-16-14-9-4-5-10-15(14)17-13-8-6-7-12(2)11-13/h4-6,8-11H,3H2,1-2H3. The fraction of sp³-hybridized carbons (Fsp3) is 0.200. The Bertz CT molecular complexity index is 492. The van der Waals surface area contributed by atoms with E-state index in [-0.39, 0.29) is 0 Å². The summed E-state index contributed by atoms with van der Waals surface area (Å²) in [7, 11) is 0. The van der Waals surface area contributed by atoms with Crippen molar-refractivity contribution >= 4 is 0 Å². The maximum atomic E-state index is 5.80. The summed E-state index contributed by atoms with van der Waals surface area (Å²) in [6.45, 7) is 4.57. The van der Waals surface area contributed by atoms with Crippen molar-refractivity contribution in [3.8, 4) is 17.2 Å². The molecule has 0 aliphatic heterocycles. The zero-order valence-electron chi connectivity index (χ0n) is 10.1. The van der Waals surface area contributed by atoms with Gasteiger partial charge >= 0.3 is 0 Å². The Balaban J connectivity index is 2.23. The van der Waals surface area contributed by atoms with Crippen molar-refractivity contribution in [2.45, 2.75) is 13.8 Å². The van der Waals surface area contributed by atoms with Gasteiger partial charge in [-0.15, -0.1) is 0 Å². The second-order valence-corrected chi connectivity index (χ2v) is 3.69. The molecule has 2 rings (SSSR count). The lowest BCUT2D eigenvalue weighted by Crippen LogP contribution is -1.94. The molecule has 87 valence electrons. The van der Waals surface area contributed by atoms with Crippen molar-refractivity contribution in [2.24, 2.45) is 0 Å². The molecule has 2 aromatic rings. The highest BCUT2D eigenvalue weighted by atomic mass is 16.5. The molecule has 2 heteroatoms. The fourth-order valence-electron chi connectivity index (χ4n) is 1.56. The Morgan fingerprint density at radius 1 is 1.12 bits per heavy atom. The van der Waals surface area contributed by atoms with Gasteiger partial charge in [-0.2, -0.15) is 0 Å². The van der Waals surface area contributed by atoms with E-state index >= 15 is 0 Å². The third-order valence-corrected chi connectivity index (χ3v) is 2.29. The van der Waals surface area contributed by atoms with Gasteiger partial charge in [0.05, 0.1) is 6.61 Å². The predicted molar refractivity (Wildman–Crippen MR) is 67.7 cm³/mol. The van der Waals surface area contributed by atoms with Crippen LogP contribution < -0.4 is 9.47 Å². The Morgan fingerprint density at radius 2 is 1.88 bits per heavy atom. The highest BCUT2D eigenvalue weighted by molar-refractivity contribution is 5.43. The summed E-state index contributed by atoms with van der Waals surface area (Å²) in [5.41, 5.74) is 1.05. The Kier molecular flexibility index (Phi) is 3.66. The fourth-order valence-corrected chi connectivity index (χ4v) is 1.56. The summed E-state index contributed by atoms with van der Waals surface area (Å²) in [6, 6.07) is 16.4. The monoisotopic (exact) mass is 227 g/mol. The molecule has 2 aromatic carbocycles. The van der Waals surface area contributed by atoms with Crippen LogP contribution >= 0.6 is 0 Å². The van der Waals surface area contributed by atoms with Gasteiger partial charge in [0, 0.05) is 0 Å². The summed E-state index contributed by atoms with van der Waals surface area (Å²) in [4.78, 5) is 0. The number of para-hydroxylation sites is 2. The van der Waals surface area contributed by atoms with Crippen molar-refractivity contribution in [3.05, 3.63) is 54.1 Å². The topological polar surface area (TPSA) is 18.5 Å². The van der Waals surface area contributed by atoms with Gasteiger partial charge in [-0.05, 0) is 49.7 Å². The predicted octanol–water partition coefficient (Wildman–Crippen LogP) is 3.99. The molecule has 0 aromatic heterocycles. The summed E-state index contributed by atoms with van der Waals surface area (Å²) < 4.78 is 11.3. The third-order valence-electron chi connectivity index (χ3n) is 2.29. The van der Waals surface area contributed by atoms with E-state index in [0.29, 0.717) is 6.61 Å². The van der Waals surface area contributed by atoms with Gasteiger partial charge in [0.25, 0.3) is 0 Å². The van der Waals surface area contributed by atoms with Gasteiger partial charge in [-0.25, -0.2) is 0 Å². The molecule has 0 aliphatic rings. The lowest BCUT2D eigenvalue weighted by molar-refractivity contribution is 0.321. The van der Waals surface area contributed by atoms with Crippen LogP contribution in [0.2, 0.25) is 0 Å². The molecule has 0 saturated heterocycles. The highest BCUT2D eigenvalue weighted by Gasteiger charge is 2.04. The van der Waals surface area contributed by atoms with Crippen molar-refractivity contribution in [3.63, 3.8) is 0 Å². The number of ether oxygens (including phenoxy) is 2. The van der Waals surface area contributed by atoms with Gasteiger partial charge in [-0.3, -0.25) is 0 Å². The Hall–Kier alpha value is -1.96. The van der Waals surface area contributed by atoms with Crippen LogP contribution in [0.1, 0.15) is 12.5 Å². The Labute approximate surface area is 102 Å². The van der Waals surface area contributed by atoms with Crippen LogP contribution in [0, 0.1) is 13.0 Å². The third kappa shape index (κ3) is 3.00. The average molecular weight is 227 g/mol. The first-order valence-electron chi connectivity index (χ1n) is 5.67. The van der Waals surface area contributed by atoms with E-state index in [0.717, 1.165) is 22.8 Å². The van der Waals surface area contributed by atoms with E-state index in [1.165, 1.54) is 0 Å². The summed E-state index contributed by atoms with van der Waals surface area (Å²) in [5.74, 6) is 2.30. The molecule has 0 heterocycles. The van der Waals surface area contributed by atoms with Crippen molar-refractivity contribution < 1.29 is 9.47 Å². The van der Waals surface area contributed by atoms with Gasteiger partial charge in [-0.1, -0.05) is 18.2 Å². The smallest absolute Gasteiger partial charge is 0.169 e. The lowest BCUT2D eigenvalue weighted by atomic mass is 10.2. The van der Waals surface area contributed by atoms with Crippen LogP contribution in [0.25, 0.3) is 0 Å². The van der Waals surface area contributed by atoms with Crippen LogP contribution in [-0.4, -0.2) is 6.61 Å². The van der Waals surface area contributed by atoms with Crippen LogP contribution in [0.15, 0.2) is 42.5 Å². The summed E-state index contributed by atoms with van der Waals surface area (Å²) in [6.07, 6.45) is 0. The zero-order chi connectivity index (χ0) is 12.1. The molecule has 0 amide bonds. The van der Waals surface area contributed by atoms with Crippen LogP contribution in [0.3, 0.4) is 0 Å². The van der Waals surface area contributed by atoms with E-state index in [1.807, 2.05) is 56.3 Å². The molecule has 17 heavy (non-hydrogen) atoms. The largest absolute Gasteiger partial charge is 0.490 e. The summed E-state index contributed by atoms with van der Waals surface area (Å²) >= 11 is 0. The van der Waals surface area contributed by atoms with Crippen LogP contribution in [-0.2, 0) is 0 Å². The van der Waals surface area contributed by atoms with Crippen molar-refractivity contribution in [1.29, 1.82) is 0 Å². The van der Waals surface area contributed by atoms with Gasteiger partial charge < -0.3 is 9.47 Å². The molecule has 0 fully saturated rings. The molecular weight excluding hydrogens is 212 g/mol. The number of aryl methyl sites for hydroxylation is 1.